The summed E-state index contributed by atoms with van der Waals surface area (Å²) < 4.78 is 0. The SMILES string of the molecule is O=C(O)c1ccncc1.O=C1CCC(=O)N1O. The van der Waals surface area contributed by atoms with Crippen molar-refractivity contribution in [1.29, 1.82) is 0 Å². The van der Waals surface area contributed by atoms with E-state index in [1.807, 2.05) is 0 Å². The average Bonchev–Trinajstić information content (AvgIpc) is 2.62. The maximum absolute atomic E-state index is 10.2. The molecule has 17 heavy (non-hydrogen) atoms. The normalized spacial score (nSPS) is 14.3. The molecular weight excluding hydrogens is 228 g/mol. The maximum atomic E-state index is 10.2. The summed E-state index contributed by atoms with van der Waals surface area (Å²) in [5.74, 6) is -1.93. The number of aromatic nitrogens is 1. The number of hydroxylamine groups is 2. The third kappa shape index (κ3) is 3.65. The van der Waals surface area contributed by atoms with Gasteiger partial charge in [-0.15, -0.1) is 0 Å². The number of aromatic carboxylic acids is 1. The molecule has 2 heterocycles. The van der Waals surface area contributed by atoms with Crippen LogP contribution >= 0.6 is 0 Å². The molecule has 0 bridgehead atoms. The highest BCUT2D eigenvalue weighted by Gasteiger charge is 2.26. The monoisotopic (exact) mass is 238 g/mol. The van der Waals surface area contributed by atoms with E-state index in [-0.39, 0.29) is 23.5 Å². The van der Waals surface area contributed by atoms with E-state index in [0.29, 0.717) is 0 Å². The fourth-order valence-electron chi connectivity index (χ4n) is 1.06. The molecule has 1 aliphatic rings. The first-order chi connectivity index (χ1) is 8.02. The van der Waals surface area contributed by atoms with Crippen molar-refractivity contribution >= 4 is 17.8 Å². The number of carboxylic acids is 1. The van der Waals surface area contributed by atoms with Crippen LogP contribution in [0.3, 0.4) is 0 Å². The summed E-state index contributed by atoms with van der Waals surface area (Å²) in [5, 5.41) is 16.9. The van der Waals surface area contributed by atoms with Crippen molar-refractivity contribution < 1.29 is 24.7 Å². The lowest BCUT2D eigenvalue weighted by Gasteiger charge is -1.98. The van der Waals surface area contributed by atoms with E-state index in [9.17, 15) is 14.4 Å². The van der Waals surface area contributed by atoms with Crippen LogP contribution in [0.2, 0.25) is 0 Å². The number of hydrogen-bond acceptors (Lipinski definition) is 5. The minimum atomic E-state index is -0.919. The quantitative estimate of drug-likeness (QED) is 0.538. The van der Waals surface area contributed by atoms with Crippen LogP contribution in [-0.4, -0.2) is 38.1 Å². The summed E-state index contributed by atoms with van der Waals surface area (Å²) in [6.07, 6.45) is 3.19. The average molecular weight is 238 g/mol. The number of hydrogen-bond donors (Lipinski definition) is 2. The van der Waals surface area contributed by atoms with Crippen LogP contribution in [0.1, 0.15) is 23.2 Å². The zero-order valence-electron chi connectivity index (χ0n) is 8.74. The van der Waals surface area contributed by atoms with Gasteiger partial charge in [-0.3, -0.25) is 19.8 Å². The predicted octanol–water partition coefficient (Wildman–Crippen LogP) is 0.304. The molecule has 0 atom stereocenters. The van der Waals surface area contributed by atoms with Gasteiger partial charge in [-0.2, -0.15) is 5.06 Å². The Bertz CT molecular complexity index is 416. The molecule has 0 saturated carbocycles. The molecule has 7 nitrogen and oxygen atoms in total. The smallest absolute Gasteiger partial charge is 0.335 e. The Hall–Kier alpha value is -2.28. The highest BCUT2D eigenvalue weighted by molar-refractivity contribution is 6.00. The number of amides is 2. The zero-order chi connectivity index (χ0) is 12.8. The molecule has 7 heteroatoms. The molecule has 0 aliphatic carbocycles. The van der Waals surface area contributed by atoms with Gasteiger partial charge in [0.05, 0.1) is 5.56 Å². The van der Waals surface area contributed by atoms with Gasteiger partial charge in [0.25, 0.3) is 11.8 Å². The Morgan fingerprint density at radius 1 is 1.18 bits per heavy atom. The second-order valence-corrected chi connectivity index (χ2v) is 3.14. The molecule has 1 fully saturated rings. The molecule has 1 aliphatic heterocycles. The van der Waals surface area contributed by atoms with E-state index in [1.165, 1.54) is 24.5 Å². The van der Waals surface area contributed by atoms with Gasteiger partial charge in [-0.1, -0.05) is 0 Å². The molecule has 2 amide bonds. The third-order valence-electron chi connectivity index (χ3n) is 1.95. The number of carboxylic acid groups (broad SMARTS) is 1. The molecular formula is C10H10N2O5. The molecule has 1 aromatic rings. The van der Waals surface area contributed by atoms with Gasteiger partial charge >= 0.3 is 5.97 Å². The minimum absolute atomic E-state index is 0.148. The molecule has 0 spiro atoms. The molecule has 1 saturated heterocycles. The van der Waals surface area contributed by atoms with E-state index in [1.54, 1.807) is 0 Å². The fraction of sp³-hybridized carbons (Fsp3) is 0.200. The third-order valence-corrected chi connectivity index (χ3v) is 1.95. The molecule has 0 unspecified atom stereocenters. The number of nitrogens with zero attached hydrogens (tertiary/aromatic N) is 2. The van der Waals surface area contributed by atoms with Crippen molar-refractivity contribution in [3.05, 3.63) is 30.1 Å². The summed E-state index contributed by atoms with van der Waals surface area (Å²) in [6.45, 7) is 0. The van der Waals surface area contributed by atoms with Gasteiger partial charge in [0.15, 0.2) is 0 Å². The molecule has 2 rings (SSSR count). The van der Waals surface area contributed by atoms with Gasteiger partial charge in [0, 0.05) is 25.2 Å². The molecule has 0 aromatic carbocycles. The highest BCUT2D eigenvalue weighted by atomic mass is 16.5. The Kier molecular flexibility index (Phi) is 4.29. The van der Waals surface area contributed by atoms with Crippen LogP contribution in [0.15, 0.2) is 24.5 Å². The van der Waals surface area contributed by atoms with Gasteiger partial charge in [-0.05, 0) is 12.1 Å². The predicted molar refractivity (Wildman–Crippen MR) is 54.1 cm³/mol. The Morgan fingerprint density at radius 3 is 1.88 bits per heavy atom. The zero-order valence-corrected chi connectivity index (χ0v) is 8.74. The largest absolute Gasteiger partial charge is 0.478 e. The summed E-state index contributed by atoms with van der Waals surface area (Å²) in [4.78, 5) is 34.3. The second kappa shape index (κ2) is 5.71. The maximum Gasteiger partial charge on any atom is 0.335 e. The van der Waals surface area contributed by atoms with E-state index in [0.717, 1.165) is 0 Å². The second-order valence-electron chi connectivity index (χ2n) is 3.14. The number of pyridine rings is 1. The van der Waals surface area contributed by atoms with Crippen molar-refractivity contribution in [2.75, 3.05) is 0 Å². The number of imide groups is 1. The van der Waals surface area contributed by atoms with Crippen molar-refractivity contribution in [1.82, 2.24) is 10.0 Å². The minimum Gasteiger partial charge on any atom is -0.478 e. The van der Waals surface area contributed by atoms with Crippen LogP contribution in [0.4, 0.5) is 0 Å². The molecule has 2 N–H and O–H groups in total. The van der Waals surface area contributed by atoms with Crippen LogP contribution in [0, 0.1) is 0 Å². The standard InChI is InChI=1S/C6H5NO2.C4H5NO3/c8-6(9)5-1-3-7-4-2-5;6-3-1-2-4(7)5(3)8/h1-4H,(H,8,9);8H,1-2H2. The van der Waals surface area contributed by atoms with E-state index >= 15 is 0 Å². The summed E-state index contributed by atoms with van der Waals surface area (Å²) in [5.41, 5.74) is 0.269. The molecule has 0 radical (unpaired) electrons. The Morgan fingerprint density at radius 2 is 1.65 bits per heavy atom. The first-order valence-corrected chi connectivity index (χ1v) is 4.70. The van der Waals surface area contributed by atoms with Crippen molar-refractivity contribution in [2.45, 2.75) is 12.8 Å². The van der Waals surface area contributed by atoms with Crippen molar-refractivity contribution in [3.8, 4) is 0 Å². The number of carbonyl (C=O) groups is 3. The fourth-order valence-corrected chi connectivity index (χ4v) is 1.06. The van der Waals surface area contributed by atoms with Gasteiger partial charge in [0.2, 0.25) is 0 Å². The van der Waals surface area contributed by atoms with Crippen LogP contribution in [0.5, 0.6) is 0 Å². The lowest BCUT2D eigenvalue weighted by Crippen LogP contribution is -2.24. The number of rotatable bonds is 1. The van der Waals surface area contributed by atoms with E-state index in [2.05, 4.69) is 4.98 Å². The topological polar surface area (TPSA) is 108 Å². The van der Waals surface area contributed by atoms with E-state index < -0.39 is 17.8 Å². The lowest BCUT2D eigenvalue weighted by atomic mass is 10.3. The van der Waals surface area contributed by atoms with Gasteiger partial charge in [-0.25, -0.2) is 4.79 Å². The van der Waals surface area contributed by atoms with Crippen molar-refractivity contribution in [2.24, 2.45) is 0 Å². The van der Waals surface area contributed by atoms with Crippen LogP contribution < -0.4 is 0 Å². The summed E-state index contributed by atoms with van der Waals surface area (Å²) in [6, 6.07) is 2.89. The summed E-state index contributed by atoms with van der Waals surface area (Å²) >= 11 is 0. The van der Waals surface area contributed by atoms with Crippen LogP contribution in [-0.2, 0) is 9.59 Å². The van der Waals surface area contributed by atoms with Gasteiger partial charge in [0.1, 0.15) is 0 Å². The van der Waals surface area contributed by atoms with E-state index in [4.69, 9.17) is 10.3 Å². The van der Waals surface area contributed by atoms with Crippen LogP contribution in [0.25, 0.3) is 0 Å². The Balaban J connectivity index is 0.000000171. The first kappa shape index (κ1) is 12.8. The Labute approximate surface area is 96.3 Å². The molecule has 1 aromatic heterocycles. The summed E-state index contributed by atoms with van der Waals surface area (Å²) in [7, 11) is 0. The van der Waals surface area contributed by atoms with Crippen molar-refractivity contribution in [3.63, 3.8) is 0 Å². The number of carbonyl (C=O) groups excluding carboxylic acids is 2. The first-order valence-electron chi connectivity index (χ1n) is 4.70. The molecule has 90 valence electrons. The lowest BCUT2D eigenvalue weighted by molar-refractivity contribution is -0.171. The highest BCUT2D eigenvalue weighted by Crippen LogP contribution is 2.07. The van der Waals surface area contributed by atoms with Gasteiger partial charge < -0.3 is 5.11 Å².